The molecule has 1 aliphatic carbocycles. The number of carbonyl (C=O) groups is 3. The minimum absolute atomic E-state index is 0.132. The standard InChI is InChI=1S/C27H37N7O3/c1-5-21-23(19-11-12-19)33-26(24(32-21)25(28)36)31-20-9-6-8-18(16-20)13-15-30-27(37)17(2)34(4)22(35)10-7-14-29-3/h6-10,16-17,19,29H,5,11-15H2,1-4H3,(H2,28,36)(H,30,37)(H,31,33). The molecular formula is C27H37N7O3. The highest BCUT2D eigenvalue weighted by atomic mass is 16.2. The van der Waals surface area contributed by atoms with E-state index in [4.69, 9.17) is 10.7 Å². The Balaban J connectivity index is 1.61. The molecule has 1 atom stereocenters. The molecule has 2 aromatic rings. The molecule has 37 heavy (non-hydrogen) atoms. The molecule has 0 spiro atoms. The van der Waals surface area contributed by atoms with Crippen LogP contribution in [0.15, 0.2) is 36.4 Å². The Bertz CT molecular complexity index is 1160. The number of benzene rings is 1. The van der Waals surface area contributed by atoms with E-state index in [1.807, 2.05) is 31.2 Å². The number of nitrogens with one attached hydrogen (secondary N) is 3. The second-order valence-corrected chi connectivity index (χ2v) is 9.20. The van der Waals surface area contributed by atoms with Crippen LogP contribution in [0, 0.1) is 0 Å². The van der Waals surface area contributed by atoms with Crippen molar-refractivity contribution >= 4 is 29.2 Å². The van der Waals surface area contributed by atoms with Crippen LogP contribution in [0.4, 0.5) is 11.5 Å². The Labute approximate surface area is 218 Å². The van der Waals surface area contributed by atoms with Crippen molar-refractivity contribution in [1.29, 1.82) is 0 Å². The Morgan fingerprint density at radius 2 is 2.00 bits per heavy atom. The highest BCUT2D eigenvalue weighted by Gasteiger charge is 2.30. The van der Waals surface area contributed by atoms with Gasteiger partial charge in [-0.25, -0.2) is 9.97 Å². The predicted molar refractivity (Wildman–Crippen MR) is 144 cm³/mol. The van der Waals surface area contributed by atoms with Gasteiger partial charge in [-0.05, 0) is 57.4 Å². The van der Waals surface area contributed by atoms with E-state index in [0.717, 1.165) is 35.5 Å². The van der Waals surface area contributed by atoms with E-state index in [2.05, 4.69) is 20.9 Å². The van der Waals surface area contributed by atoms with Crippen molar-refractivity contribution in [3.8, 4) is 0 Å². The van der Waals surface area contributed by atoms with Crippen LogP contribution in [-0.2, 0) is 22.4 Å². The maximum atomic E-state index is 12.6. The summed E-state index contributed by atoms with van der Waals surface area (Å²) < 4.78 is 0. The maximum absolute atomic E-state index is 12.6. The van der Waals surface area contributed by atoms with Gasteiger partial charge in [-0.2, -0.15) is 0 Å². The van der Waals surface area contributed by atoms with Crippen molar-refractivity contribution in [2.75, 3.05) is 32.5 Å². The summed E-state index contributed by atoms with van der Waals surface area (Å²) in [6, 6.07) is 7.07. The second kappa shape index (κ2) is 13.0. The number of nitrogens with zero attached hydrogens (tertiary/aromatic N) is 3. The molecule has 0 bridgehead atoms. The van der Waals surface area contributed by atoms with Gasteiger partial charge in [0.25, 0.3) is 5.91 Å². The monoisotopic (exact) mass is 507 g/mol. The summed E-state index contributed by atoms with van der Waals surface area (Å²) in [4.78, 5) is 47.5. The lowest BCUT2D eigenvalue weighted by Crippen LogP contribution is -2.45. The van der Waals surface area contributed by atoms with Crippen LogP contribution in [0.1, 0.15) is 60.0 Å². The first-order valence-corrected chi connectivity index (χ1v) is 12.7. The first kappa shape index (κ1) is 27.8. The summed E-state index contributed by atoms with van der Waals surface area (Å²) in [6.45, 7) is 4.68. The molecule has 0 saturated heterocycles. The number of carbonyl (C=O) groups excluding carboxylic acids is 3. The molecule has 3 rings (SSSR count). The first-order valence-electron chi connectivity index (χ1n) is 12.7. The van der Waals surface area contributed by atoms with Crippen LogP contribution in [0.25, 0.3) is 0 Å². The first-order chi connectivity index (χ1) is 17.7. The minimum atomic E-state index is -0.624. The molecule has 1 aromatic heterocycles. The fourth-order valence-corrected chi connectivity index (χ4v) is 3.87. The smallest absolute Gasteiger partial charge is 0.271 e. The summed E-state index contributed by atoms with van der Waals surface area (Å²) in [5, 5.41) is 9.04. The van der Waals surface area contributed by atoms with E-state index in [1.165, 1.54) is 11.0 Å². The lowest BCUT2D eigenvalue weighted by molar-refractivity contribution is -0.135. The number of nitrogens with two attached hydrogens (primary N) is 1. The largest absolute Gasteiger partial charge is 0.364 e. The van der Waals surface area contributed by atoms with Crippen molar-refractivity contribution in [3.05, 3.63) is 59.1 Å². The molecule has 1 saturated carbocycles. The van der Waals surface area contributed by atoms with E-state index in [9.17, 15) is 14.4 Å². The topological polar surface area (TPSA) is 142 Å². The van der Waals surface area contributed by atoms with E-state index in [1.54, 1.807) is 27.1 Å². The fraction of sp³-hybridized carbons (Fsp3) is 0.444. The van der Waals surface area contributed by atoms with Crippen LogP contribution in [0.5, 0.6) is 0 Å². The quantitative estimate of drug-likeness (QED) is 0.304. The average Bonchev–Trinajstić information content (AvgIpc) is 3.73. The van der Waals surface area contributed by atoms with Crippen LogP contribution in [0.2, 0.25) is 0 Å². The van der Waals surface area contributed by atoms with Crippen LogP contribution in [0.3, 0.4) is 0 Å². The summed E-state index contributed by atoms with van der Waals surface area (Å²) >= 11 is 0. The van der Waals surface area contributed by atoms with Gasteiger partial charge in [0.2, 0.25) is 11.8 Å². The molecule has 0 aliphatic heterocycles. The van der Waals surface area contributed by atoms with E-state index in [-0.39, 0.29) is 17.5 Å². The zero-order chi connectivity index (χ0) is 26.9. The van der Waals surface area contributed by atoms with Crippen molar-refractivity contribution in [2.45, 2.75) is 51.5 Å². The predicted octanol–water partition coefficient (Wildman–Crippen LogP) is 2.04. The third-order valence-electron chi connectivity index (χ3n) is 6.32. The summed E-state index contributed by atoms with van der Waals surface area (Å²) in [5.41, 5.74) is 9.22. The molecule has 0 radical (unpaired) electrons. The van der Waals surface area contributed by atoms with Gasteiger partial charge in [-0.1, -0.05) is 25.1 Å². The van der Waals surface area contributed by atoms with E-state index < -0.39 is 11.9 Å². The molecule has 1 heterocycles. The van der Waals surface area contributed by atoms with E-state index in [0.29, 0.717) is 37.7 Å². The van der Waals surface area contributed by atoms with Gasteiger partial charge in [-0.15, -0.1) is 0 Å². The lowest BCUT2D eigenvalue weighted by Gasteiger charge is -2.23. The summed E-state index contributed by atoms with van der Waals surface area (Å²) in [7, 11) is 3.40. The molecule has 1 fully saturated rings. The number of hydrogen-bond acceptors (Lipinski definition) is 7. The third kappa shape index (κ3) is 7.60. The molecule has 1 aromatic carbocycles. The van der Waals surface area contributed by atoms with Gasteiger partial charge in [0.1, 0.15) is 6.04 Å². The summed E-state index contributed by atoms with van der Waals surface area (Å²) in [5.74, 6) is -0.326. The Kier molecular flexibility index (Phi) is 9.73. The molecule has 10 heteroatoms. The zero-order valence-corrected chi connectivity index (χ0v) is 22.0. The van der Waals surface area contributed by atoms with Gasteiger partial charge in [0.15, 0.2) is 11.5 Å². The average molecular weight is 508 g/mol. The van der Waals surface area contributed by atoms with Gasteiger partial charge in [-0.3, -0.25) is 14.4 Å². The number of amides is 3. The lowest BCUT2D eigenvalue weighted by atomic mass is 10.1. The highest BCUT2D eigenvalue weighted by molar-refractivity contribution is 5.96. The maximum Gasteiger partial charge on any atom is 0.271 e. The molecule has 10 nitrogen and oxygen atoms in total. The normalized spacial score (nSPS) is 13.8. The number of anilines is 2. The number of hydrogen-bond donors (Lipinski definition) is 4. The summed E-state index contributed by atoms with van der Waals surface area (Å²) in [6.07, 6.45) is 6.60. The third-order valence-corrected chi connectivity index (χ3v) is 6.32. The highest BCUT2D eigenvalue weighted by Crippen LogP contribution is 2.41. The Morgan fingerprint density at radius 3 is 2.65 bits per heavy atom. The zero-order valence-electron chi connectivity index (χ0n) is 22.0. The molecule has 1 unspecified atom stereocenters. The second-order valence-electron chi connectivity index (χ2n) is 9.20. The number of aromatic nitrogens is 2. The van der Waals surface area contributed by atoms with Crippen molar-refractivity contribution in [2.24, 2.45) is 5.73 Å². The molecule has 3 amide bonds. The molecule has 198 valence electrons. The molecular weight excluding hydrogens is 470 g/mol. The SMILES string of the molecule is CCc1nc(C(N)=O)c(Nc2cccc(CCNC(=O)C(C)N(C)C(=O)C=CCNC)c2)nc1C1CC1. The number of primary amides is 1. The van der Waals surface area contributed by atoms with Crippen molar-refractivity contribution < 1.29 is 14.4 Å². The molecule has 5 N–H and O–H groups in total. The minimum Gasteiger partial charge on any atom is -0.364 e. The number of likely N-dealkylation sites (N-methyl/N-ethyl adjacent to an activating group) is 2. The van der Waals surface area contributed by atoms with Gasteiger partial charge >= 0.3 is 0 Å². The van der Waals surface area contributed by atoms with Crippen LogP contribution < -0.4 is 21.7 Å². The van der Waals surface area contributed by atoms with Gasteiger partial charge in [0, 0.05) is 37.8 Å². The number of rotatable bonds is 13. The Hall–Kier alpha value is -3.79. The van der Waals surface area contributed by atoms with Crippen LogP contribution >= 0.6 is 0 Å². The number of aryl methyl sites for hydroxylation is 1. The fourth-order valence-electron chi connectivity index (χ4n) is 3.87. The van der Waals surface area contributed by atoms with Gasteiger partial charge < -0.3 is 26.6 Å². The van der Waals surface area contributed by atoms with E-state index >= 15 is 0 Å². The van der Waals surface area contributed by atoms with Crippen molar-refractivity contribution in [1.82, 2.24) is 25.5 Å². The van der Waals surface area contributed by atoms with Crippen LogP contribution in [-0.4, -0.2) is 65.8 Å². The Morgan fingerprint density at radius 1 is 1.24 bits per heavy atom. The van der Waals surface area contributed by atoms with Gasteiger partial charge in [0.05, 0.1) is 11.4 Å². The molecule has 1 aliphatic rings. The van der Waals surface area contributed by atoms with Crippen molar-refractivity contribution in [3.63, 3.8) is 0 Å².